The summed E-state index contributed by atoms with van der Waals surface area (Å²) in [5, 5.41) is 23.2. The molecule has 2 unspecified atom stereocenters. The SMILES string of the molecule is O=[N+]([O-])c1cc(C2CCC(c3ccc(Cl)c([N+](=O)[O-])c3)N2c2cc(F)c(N3CC4CCC3CC4)c(F)c2)ccc1Cl. The van der Waals surface area contributed by atoms with Crippen molar-refractivity contribution in [1.29, 1.82) is 0 Å². The molecule has 2 bridgehead atoms. The maximum Gasteiger partial charge on any atom is 0.288 e. The molecule has 4 aliphatic rings. The Balaban J connectivity index is 1.45. The Bertz CT molecular complexity index is 1450. The third kappa shape index (κ3) is 4.97. The molecule has 1 saturated carbocycles. The van der Waals surface area contributed by atoms with Crippen molar-refractivity contribution < 1.29 is 18.6 Å². The van der Waals surface area contributed by atoms with Crippen LogP contribution >= 0.6 is 23.2 Å². The van der Waals surface area contributed by atoms with E-state index in [4.69, 9.17) is 23.2 Å². The Labute approximate surface area is 244 Å². The van der Waals surface area contributed by atoms with Gasteiger partial charge in [0.05, 0.1) is 21.9 Å². The van der Waals surface area contributed by atoms with E-state index in [1.54, 1.807) is 17.0 Å². The van der Waals surface area contributed by atoms with E-state index in [0.29, 0.717) is 36.4 Å². The number of rotatable bonds is 6. The summed E-state index contributed by atoms with van der Waals surface area (Å²) in [6.07, 6.45) is 4.90. The standard InChI is InChI=1S/C29H26Cl2F2N4O4/c30-21-7-3-17(11-27(21)36(38)39)25-9-10-26(18-4-8-22(31)28(12-18)37(40)41)35(25)20-13-23(32)29(24(33)14-20)34-15-16-1-5-19(34)6-2-16/h3-4,7-8,11-14,16,19,25-26H,1-2,5-6,9-10,15H2. The van der Waals surface area contributed by atoms with Gasteiger partial charge in [0, 0.05) is 30.4 Å². The number of halogens is 4. The van der Waals surface area contributed by atoms with E-state index in [1.165, 1.54) is 36.4 Å². The molecule has 0 amide bonds. The minimum atomic E-state index is -0.680. The zero-order valence-electron chi connectivity index (χ0n) is 21.8. The average Bonchev–Trinajstić information content (AvgIpc) is 3.39. The predicted octanol–water partition coefficient (Wildman–Crippen LogP) is 8.55. The van der Waals surface area contributed by atoms with Crippen LogP contribution in [0.25, 0.3) is 0 Å². The summed E-state index contributed by atoms with van der Waals surface area (Å²) in [5.41, 5.74) is 0.758. The fourth-order valence-corrected chi connectivity index (χ4v) is 7.27. The highest BCUT2D eigenvalue weighted by Gasteiger charge is 2.40. The van der Waals surface area contributed by atoms with Gasteiger partial charge >= 0.3 is 0 Å². The number of piperidine rings is 2. The third-order valence-electron chi connectivity index (χ3n) is 8.79. The lowest BCUT2D eigenvalue weighted by Crippen LogP contribution is -2.48. The molecule has 3 heterocycles. The lowest BCUT2D eigenvalue weighted by Gasteiger charge is -2.47. The average molecular weight is 603 g/mol. The van der Waals surface area contributed by atoms with Gasteiger partial charge in [0.15, 0.2) is 11.6 Å². The van der Waals surface area contributed by atoms with Gasteiger partial charge in [-0.05, 0) is 79.8 Å². The highest BCUT2D eigenvalue weighted by Crippen LogP contribution is 2.50. The first-order valence-electron chi connectivity index (χ1n) is 13.5. The molecule has 41 heavy (non-hydrogen) atoms. The Hall–Kier alpha value is -3.50. The number of nitro groups is 2. The molecular formula is C29H26Cl2F2N4O4. The first kappa shape index (κ1) is 27.7. The summed E-state index contributed by atoms with van der Waals surface area (Å²) in [6, 6.07) is 10.6. The van der Waals surface area contributed by atoms with Gasteiger partial charge in [0.2, 0.25) is 0 Å². The van der Waals surface area contributed by atoms with Crippen LogP contribution < -0.4 is 9.80 Å². The van der Waals surface area contributed by atoms with E-state index < -0.39 is 33.6 Å². The second kappa shape index (κ2) is 10.7. The molecule has 4 fully saturated rings. The van der Waals surface area contributed by atoms with Gasteiger partial charge in [-0.2, -0.15) is 0 Å². The van der Waals surface area contributed by atoms with Crippen LogP contribution in [0.15, 0.2) is 48.5 Å². The van der Waals surface area contributed by atoms with Crippen molar-refractivity contribution in [3.05, 3.63) is 102 Å². The second-order valence-corrected chi connectivity index (χ2v) is 11.9. The van der Waals surface area contributed by atoms with E-state index in [9.17, 15) is 20.2 Å². The molecule has 0 radical (unpaired) electrons. The zero-order valence-corrected chi connectivity index (χ0v) is 23.3. The van der Waals surface area contributed by atoms with Crippen LogP contribution in [0.5, 0.6) is 0 Å². The molecule has 2 atom stereocenters. The molecule has 8 nitrogen and oxygen atoms in total. The number of nitro benzene ring substituents is 2. The molecule has 7 rings (SSSR count). The van der Waals surface area contributed by atoms with Crippen molar-refractivity contribution in [2.75, 3.05) is 16.3 Å². The van der Waals surface area contributed by atoms with Crippen molar-refractivity contribution in [1.82, 2.24) is 0 Å². The van der Waals surface area contributed by atoms with E-state index >= 15 is 8.78 Å². The van der Waals surface area contributed by atoms with Gasteiger partial charge < -0.3 is 9.80 Å². The van der Waals surface area contributed by atoms with E-state index in [-0.39, 0.29) is 38.8 Å². The monoisotopic (exact) mass is 602 g/mol. The number of benzene rings is 3. The molecular weight excluding hydrogens is 577 g/mol. The molecule has 0 aromatic heterocycles. The Morgan fingerprint density at radius 3 is 1.63 bits per heavy atom. The van der Waals surface area contributed by atoms with E-state index in [2.05, 4.69) is 0 Å². The molecule has 1 aliphatic carbocycles. The summed E-state index contributed by atoms with van der Waals surface area (Å²) in [5.74, 6) is -0.936. The fourth-order valence-electron chi connectivity index (χ4n) is 6.90. The number of nitrogens with zero attached hydrogens (tertiary/aromatic N) is 4. The maximum absolute atomic E-state index is 15.9. The smallest absolute Gasteiger partial charge is 0.288 e. The molecule has 3 saturated heterocycles. The van der Waals surface area contributed by atoms with Crippen molar-refractivity contribution in [2.45, 2.75) is 56.7 Å². The summed E-state index contributed by atoms with van der Waals surface area (Å²) in [4.78, 5) is 25.7. The largest absolute Gasteiger partial charge is 0.364 e. The van der Waals surface area contributed by atoms with Gasteiger partial charge in [0.25, 0.3) is 11.4 Å². The number of anilines is 2. The minimum absolute atomic E-state index is 0.0227. The topological polar surface area (TPSA) is 92.8 Å². The molecule has 3 aliphatic heterocycles. The van der Waals surface area contributed by atoms with Crippen LogP contribution in [0, 0.1) is 37.8 Å². The highest BCUT2D eigenvalue weighted by molar-refractivity contribution is 6.33. The Kier molecular flexibility index (Phi) is 7.23. The maximum atomic E-state index is 15.9. The summed E-state index contributed by atoms with van der Waals surface area (Å²) in [6.45, 7) is 0.621. The van der Waals surface area contributed by atoms with Crippen molar-refractivity contribution in [3.8, 4) is 0 Å². The molecule has 3 aromatic carbocycles. The zero-order chi connectivity index (χ0) is 29.0. The van der Waals surface area contributed by atoms with E-state index in [1.807, 2.05) is 4.90 Å². The van der Waals surface area contributed by atoms with Crippen LogP contribution in [0.3, 0.4) is 0 Å². The van der Waals surface area contributed by atoms with Gasteiger partial charge in [0.1, 0.15) is 15.7 Å². The molecule has 0 spiro atoms. The van der Waals surface area contributed by atoms with Gasteiger partial charge in [-0.3, -0.25) is 20.2 Å². The normalized spacial score (nSPS) is 23.7. The van der Waals surface area contributed by atoms with Crippen LogP contribution in [-0.2, 0) is 0 Å². The van der Waals surface area contributed by atoms with Crippen LogP contribution in [0.2, 0.25) is 10.0 Å². The Morgan fingerprint density at radius 1 is 0.732 bits per heavy atom. The van der Waals surface area contributed by atoms with Gasteiger partial charge in [-0.15, -0.1) is 0 Å². The van der Waals surface area contributed by atoms with Crippen molar-refractivity contribution in [2.24, 2.45) is 5.92 Å². The van der Waals surface area contributed by atoms with Crippen molar-refractivity contribution in [3.63, 3.8) is 0 Å². The quantitative estimate of drug-likeness (QED) is 0.207. The van der Waals surface area contributed by atoms with E-state index in [0.717, 1.165) is 25.7 Å². The Morgan fingerprint density at radius 2 is 1.22 bits per heavy atom. The third-order valence-corrected chi connectivity index (χ3v) is 9.43. The first-order chi connectivity index (χ1) is 19.6. The number of hydrogen-bond donors (Lipinski definition) is 0. The summed E-state index contributed by atoms with van der Waals surface area (Å²) in [7, 11) is 0. The van der Waals surface area contributed by atoms with Gasteiger partial charge in [-0.1, -0.05) is 35.3 Å². The summed E-state index contributed by atoms with van der Waals surface area (Å²) < 4.78 is 31.7. The molecule has 0 N–H and O–H groups in total. The molecule has 214 valence electrons. The number of fused-ring (bicyclic) bond motifs is 3. The lowest BCUT2D eigenvalue weighted by molar-refractivity contribution is -0.384. The van der Waals surface area contributed by atoms with Gasteiger partial charge in [-0.25, -0.2) is 8.78 Å². The first-order valence-corrected chi connectivity index (χ1v) is 14.3. The molecule has 3 aromatic rings. The predicted molar refractivity (Wildman–Crippen MR) is 153 cm³/mol. The van der Waals surface area contributed by atoms with Crippen LogP contribution in [-0.4, -0.2) is 22.4 Å². The molecule has 12 heteroatoms. The highest BCUT2D eigenvalue weighted by atomic mass is 35.5. The fraction of sp³-hybridized carbons (Fsp3) is 0.379. The minimum Gasteiger partial charge on any atom is -0.364 e. The summed E-state index contributed by atoms with van der Waals surface area (Å²) >= 11 is 12.1. The second-order valence-electron chi connectivity index (χ2n) is 11.0. The number of hydrogen-bond acceptors (Lipinski definition) is 6. The van der Waals surface area contributed by atoms with Crippen LogP contribution in [0.4, 0.5) is 31.5 Å². The van der Waals surface area contributed by atoms with Crippen LogP contribution in [0.1, 0.15) is 61.7 Å². The van der Waals surface area contributed by atoms with Crippen molar-refractivity contribution >= 4 is 46.0 Å². The lowest BCUT2D eigenvalue weighted by atomic mass is 9.79.